The highest BCUT2D eigenvalue weighted by molar-refractivity contribution is 7.92. The zero-order valence-electron chi connectivity index (χ0n) is 15.8. The summed E-state index contributed by atoms with van der Waals surface area (Å²) < 4.78 is 27.0. The second-order valence-electron chi connectivity index (χ2n) is 6.55. The molecule has 0 bridgehead atoms. The molecule has 2 aromatic carbocycles. The average Bonchev–Trinajstić information content (AvgIpc) is 3.10. The molecule has 0 spiro atoms. The van der Waals surface area contributed by atoms with Crippen LogP contribution in [-0.2, 0) is 23.0 Å². The fourth-order valence-corrected chi connectivity index (χ4v) is 4.64. The van der Waals surface area contributed by atoms with E-state index in [1.807, 2.05) is 36.4 Å². The third kappa shape index (κ3) is 4.60. The third-order valence-corrected chi connectivity index (χ3v) is 6.53. The van der Waals surface area contributed by atoms with Gasteiger partial charge in [-0.15, -0.1) is 0 Å². The number of fused-ring (bicyclic) bond motifs is 1. The van der Waals surface area contributed by atoms with Gasteiger partial charge < -0.3 is 10.6 Å². The predicted octanol–water partition coefficient (Wildman–Crippen LogP) is 2.05. The van der Waals surface area contributed by atoms with Crippen LogP contribution in [0, 0.1) is 6.92 Å². The van der Waals surface area contributed by atoms with Gasteiger partial charge in [0.15, 0.2) is 5.96 Å². The largest absolute Gasteiger partial charge is 0.355 e. The van der Waals surface area contributed by atoms with E-state index in [9.17, 15) is 8.42 Å². The van der Waals surface area contributed by atoms with Crippen LogP contribution in [0.3, 0.4) is 0 Å². The Morgan fingerprint density at radius 1 is 1.11 bits per heavy atom. The standard InChI is InChI=1S/C20H26N4O2S/c1-16-7-3-4-9-18(16)15-23-20(21-2)22-12-14-27(25,26)24-13-11-17-8-5-6-10-19(17)24/h3-10H,11-15H2,1-2H3,(H2,21,22,23). The highest BCUT2D eigenvalue weighted by Gasteiger charge is 2.28. The molecule has 0 saturated carbocycles. The lowest BCUT2D eigenvalue weighted by Crippen LogP contribution is -2.41. The first kappa shape index (κ1) is 19.2. The molecule has 144 valence electrons. The van der Waals surface area contributed by atoms with Gasteiger partial charge in [-0.05, 0) is 36.1 Å². The van der Waals surface area contributed by atoms with Crippen molar-refractivity contribution in [1.29, 1.82) is 0 Å². The Bertz CT molecular complexity index is 925. The highest BCUT2D eigenvalue weighted by atomic mass is 32.2. The minimum atomic E-state index is -3.36. The van der Waals surface area contributed by atoms with Crippen molar-refractivity contribution in [1.82, 2.24) is 10.6 Å². The molecule has 7 heteroatoms. The molecule has 0 radical (unpaired) electrons. The van der Waals surface area contributed by atoms with Crippen LogP contribution in [0.2, 0.25) is 0 Å². The van der Waals surface area contributed by atoms with E-state index >= 15 is 0 Å². The van der Waals surface area contributed by atoms with Crippen LogP contribution in [0.5, 0.6) is 0 Å². The normalized spacial score (nSPS) is 14.1. The number of anilines is 1. The van der Waals surface area contributed by atoms with Crippen LogP contribution in [0.4, 0.5) is 5.69 Å². The van der Waals surface area contributed by atoms with Crippen LogP contribution in [0.25, 0.3) is 0 Å². The molecular formula is C20H26N4O2S. The molecule has 3 rings (SSSR count). The van der Waals surface area contributed by atoms with Gasteiger partial charge in [-0.1, -0.05) is 42.5 Å². The first-order valence-corrected chi connectivity index (χ1v) is 10.7. The quantitative estimate of drug-likeness (QED) is 0.589. The van der Waals surface area contributed by atoms with E-state index in [1.54, 1.807) is 7.05 Å². The van der Waals surface area contributed by atoms with E-state index in [1.165, 1.54) is 15.4 Å². The molecule has 0 saturated heterocycles. The fraction of sp³-hybridized carbons (Fsp3) is 0.350. The molecule has 6 nitrogen and oxygen atoms in total. The molecule has 0 aliphatic carbocycles. The second kappa shape index (κ2) is 8.43. The molecule has 1 aliphatic heterocycles. The topological polar surface area (TPSA) is 73.8 Å². The Morgan fingerprint density at radius 3 is 2.63 bits per heavy atom. The molecule has 27 heavy (non-hydrogen) atoms. The first-order valence-electron chi connectivity index (χ1n) is 9.08. The Labute approximate surface area is 161 Å². The van der Waals surface area contributed by atoms with E-state index in [0.29, 0.717) is 25.6 Å². The summed E-state index contributed by atoms with van der Waals surface area (Å²) in [6, 6.07) is 15.8. The summed E-state index contributed by atoms with van der Waals surface area (Å²) in [5, 5.41) is 6.32. The Balaban J connectivity index is 1.53. The zero-order valence-corrected chi connectivity index (χ0v) is 16.6. The fourth-order valence-electron chi connectivity index (χ4n) is 3.21. The van der Waals surface area contributed by atoms with Gasteiger partial charge >= 0.3 is 0 Å². The summed E-state index contributed by atoms with van der Waals surface area (Å²) in [6.07, 6.45) is 0.766. The van der Waals surface area contributed by atoms with Crippen LogP contribution < -0.4 is 14.9 Å². The number of rotatable bonds is 6. The number of aryl methyl sites for hydroxylation is 1. The minimum absolute atomic E-state index is 0.0202. The van der Waals surface area contributed by atoms with Gasteiger partial charge in [0.25, 0.3) is 0 Å². The van der Waals surface area contributed by atoms with Gasteiger partial charge in [0, 0.05) is 26.7 Å². The number of benzene rings is 2. The smallest absolute Gasteiger partial charge is 0.236 e. The van der Waals surface area contributed by atoms with Crippen molar-refractivity contribution in [3.63, 3.8) is 0 Å². The Hall–Kier alpha value is -2.54. The molecule has 1 heterocycles. The van der Waals surface area contributed by atoms with E-state index in [4.69, 9.17) is 0 Å². The molecule has 2 aromatic rings. The minimum Gasteiger partial charge on any atom is -0.355 e. The van der Waals surface area contributed by atoms with E-state index in [2.05, 4.69) is 34.7 Å². The average molecular weight is 387 g/mol. The van der Waals surface area contributed by atoms with Gasteiger partial charge in [-0.25, -0.2) is 8.42 Å². The number of hydrogen-bond acceptors (Lipinski definition) is 3. The lowest BCUT2D eigenvalue weighted by atomic mass is 10.1. The maximum atomic E-state index is 12.7. The van der Waals surface area contributed by atoms with Crippen LogP contribution >= 0.6 is 0 Å². The summed E-state index contributed by atoms with van der Waals surface area (Å²) in [6.45, 7) is 3.52. The molecular weight excluding hydrogens is 360 g/mol. The van der Waals surface area contributed by atoms with E-state index < -0.39 is 10.0 Å². The van der Waals surface area contributed by atoms with Crippen molar-refractivity contribution in [2.45, 2.75) is 19.9 Å². The lowest BCUT2D eigenvalue weighted by Gasteiger charge is -2.20. The van der Waals surface area contributed by atoms with E-state index in [0.717, 1.165) is 17.7 Å². The van der Waals surface area contributed by atoms with Crippen LogP contribution in [0.1, 0.15) is 16.7 Å². The summed E-state index contributed by atoms with van der Waals surface area (Å²) in [7, 11) is -1.68. The Morgan fingerprint density at radius 2 is 1.85 bits per heavy atom. The van der Waals surface area contributed by atoms with E-state index in [-0.39, 0.29) is 5.75 Å². The Kier molecular flexibility index (Phi) is 6.01. The van der Waals surface area contributed by atoms with Gasteiger partial charge in [0.05, 0.1) is 11.4 Å². The SMILES string of the molecule is CN=C(NCCS(=O)(=O)N1CCc2ccccc21)NCc1ccccc1C. The maximum Gasteiger partial charge on any atom is 0.236 e. The summed E-state index contributed by atoms with van der Waals surface area (Å²) >= 11 is 0. The molecule has 0 fully saturated rings. The monoisotopic (exact) mass is 386 g/mol. The number of sulfonamides is 1. The zero-order chi connectivity index (χ0) is 19.3. The van der Waals surface area contributed by atoms with Crippen molar-refractivity contribution in [2.75, 3.05) is 30.2 Å². The first-order chi connectivity index (χ1) is 13.0. The van der Waals surface area contributed by atoms with Crippen molar-refractivity contribution < 1.29 is 8.42 Å². The van der Waals surface area contributed by atoms with Gasteiger partial charge in [-0.3, -0.25) is 9.30 Å². The van der Waals surface area contributed by atoms with Gasteiger partial charge in [-0.2, -0.15) is 0 Å². The summed E-state index contributed by atoms with van der Waals surface area (Å²) in [4.78, 5) is 4.17. The maximum absolute atomic E-state index is 12.7. The molecule has 0 aromatic heterocycles. The molecule has 0 atom stereocenters. The number of nitrogens with zero attached hydrogens (tertiary/aromatic N) is 2. The molecule has 0 amide bonds. The van der Waals surface area contributed by atoms with Crippen LogP contribution in [-0.4, -0.2) is 40.3 Å². The molecule has 0 unspecified atom stereocenters. The number of hydrogen-bond donors (Lipinski definition) is 2. The predicted molar refractivity (Wildman–Crippen MR) is 111 cm³/mol. The molecule has 2 N–H and O–H groups in total. The van der Waals surface area contributed by atoms with Crippen LogP contribution in [0.15, 0.2) is 53.5 Å². The van der Waals surface area contributed by atoms with Gasteiger partial charge in [0.2, 0.25) is 10.0 Å². The number of nitrogens with one attached hydrogen (secondary N) is 2. The summed E-state index contributed by atoms with van der Waals surface area (Å²) in [5.41, 5.74) is 4.28. The molecule has 1 aliphatic rings. The number of guanidine groups is 1. The van der Waals surface area contributed by atoms with Crippen molar-refractivity contribution in [3.05, 3.63) is 65.2 Å². The summed E-state index contributed by atoms with van der Waals surface area (Å²) in [5.74, 6) is 0.613. The highest BCUT2D eigenvalue weighted by Crippen LogP contribution is 2.29. The third-order valence-electron chi connectivity index (χ3n) is 4.76. The second-order valence-corrected chi connectivity index (χ2v) is 8.56. The van der Waals surface area contributed by atoms with Crippen molar-refractivity contribution >= 4 is 21.7 Å². The van der Waals surface area contributed by atoms with Gasteiger partial charge in [0.1, 0.15) is 0 Å². The number of para-hydroxylation sites is 1. The van der Waals surface area contributed by atoms with Crippen molar-refractivity contribution in [2.24, 2.45) is 4.99 Å². The number of aliphatic imine (C=N–C) groups is 1. The van der Waals surface area contributed by atoms with Crippen molar-refractivity contribution in [3.8, 4) is 0 Å². The lowest BCUT2D eigenvalue weighted by molar-refractivity contribution is 0.591.